The predicted octanol–water partition coefficient (Wildman–Crippen LogP) is 3.09. The molecule has 1 nitrogen and oxygen atoms in total. The number of rotatable bonds is 2. The molecule has 0 radical (unpaired) electrons. The minimum absolute atomic E-state index is 0. The molecule has 0 aromatic rings. The molecule has 0 aromatic heterocycles. The molecule has 0 spiro atoms. The maximum atomic E-state index is 5.52. The van der Waals surface area contributed by atoms with Gasteiger partial charge in [0.1, 0.15) is 0 Å². The Labute approximate surface area is 117 Å². The van der Waals surface area contributed by atoms with Crippen molar-refractivity contribution in [3.63, 3.8) is 0 Å². The van der Waals surface area contributed by atoms with Gasteiger partial charge in [-0.3, -0.25) is 6.08 Å². The van der Waals surface area contributed by atoms with Gasteiger partial charge in [-0.1, -0.05) is 0 Å². The smallest absolute Gasteiger partial charge is 0.0587 e. The van der Waals surface area contributed by atoms with Crippen molar-refractivity contribution in [1.29, 1.82) is 0 Å². The van der Waals surface area contributed by atoms with E-state index in [9.17, 15) is 0 Å². The third-order valence-corrected chi connectivity index (χ3v) is 2.24. The molecule has 2 rings (SSSR count). The quantitative estimate of drug-likeness (QED) is 0.712. The molecule has 2 aliphatic rings. The third-order valence-electron chi connectivity index (χ3n) is 2.24. The first kappa shape index (κ1) is 17.3. The van der Waals surface area contributed by atoms with E-state index in [0.29, 0.717) is 6.10 Å². The standard InChI is InChI=1S/C10H13O.2ClH.Zr/c1-2-5-9(4-1)8-10-6-3-7-11-10;;;/h1,4,10H,2-3,6-8H2;2*1H;/q-1;;;. The van der Waals surface area contributed by atoms with Crippen LogP contribution in [0.5, 0.6) is 0 Å². The summed E-state index contributed by atoms with van der Waals surface area (Å²) in [4.78, 5) is 0. The summed E-state index contributed by atoms with van der Waals surface area (Å²) in [7, 11) is 0. The minimum atomic E-state index is 0. The summed E-state index contributed by atoms with van der Waals surface area (Å²) < 4.78 is 5.52. The molecule has 1 unspecified atom stereocenters. The topological polar surface area (TPSA) is 9.23 Å². The minimum Gasteiger partial charge on any atom is -0.378 e. The first-order chi connectivity index (χ1) is 5.45. The Bertz CT molecular complexity index is 198. The van der Waals surface area contributed by atoms with Gasteiger partial charge in [0, 0.05) is 32.8 Å². The molecule has 0 amide bonds. The van der Waals surface area contributed by atoms with Gasteiger partial charge in [-0.2, -0.15) is 6.08 Å². The van der Waals surface area contributed by atoms with Crippen molar-refractivity contribution in [3.05, 3.63) is 23.8 Å². The largest absolute Gasteiger partial charge is 0.378 e. The van der Waals surface area contributed by atoms with E-state index < -0.39 is 0 Å². The number of allylic oxidation sites excluding steroid dienone is 3. The molecule has 1 aliphatic heterocycles. The van der Waals surface area contributed by atoms with Crippen LogP contribution in [-0.2, 0) is 30.9 Å². The van der Waals surface area contributed by atoms with Crippen LogP contribution >= 0.6 is 24.8 Å². The van der Waals surface area contributed by atoms with E-state index in [1.807, 2.05) is 0 Å². The molecule has 0 aromatic carbocycles. The first-order valence-electron chi connectivity index (χ1n) is 4.33. The fraction of sp³-hybridized carbons (Fsp3) is 0.600. The number of ether oxygens (including phenoxy) is 1. The number of hydrogen-bond donors (Lipinski definition) is 0. The van der Waals surface area contributed by atoms with Crippen LogP contribution in [0.1, 0.15) is 25.7 Å². The third kappa shape index (κ3) is 5.12. The average Bonchev–Trinajstić information content (AvgIpc) is 2.60. The van der Waals surface area contributed by atoms with Crippen LogP contribution in [0.25, 0.3) is 0 Å². The Kier molecular flexibility index (Phi) is 11.3. The van der Waals surface area contributed by atoms with E-state index in [4.69, 9.17) is 4.74 Å². The summed E-state index contributed by atoms with van der Waals surface area (Å²) in [5, 5.41) is 0. The molecule has 0 bridgehead atoms. The van der Waals surface area contributed by atoms with Gasteiger partial charge >= 0.3 is 0 Å². The van der Waals surface area contributed by atoms with Crippen LogP contribution in [-0.4, -0.2) is 12.7 Å². The van der Waals surface area contributed by atoms with Crippen molar-refractivity contribution in [3.8, 4) is 0 Å². The molecule has 0 saturated carbocycles. The van der Waals surface area contributed by atoms with Gasteiger partial charge < -0.3 is 4.74 Å². The first-order valence-corrected chi connectivity index (χ1v) is 4.33. The van der Waals surface area contributed by atoms with Crippen molar-refractivity contribution >= 4 is 24.8 Å². The fourth-order valence-electron chi connectivity index (χ4n) is 1.64. The van der Waals surface area contributed by atoms with E-state index in [2.05, 4.69) is 18.2 Å². The molecule has 1 fully saturated rings. The summed E-state index contributed by atoms with van der Waals surface area (Å²) >= 11 is 0. The normalized spacial score (nSPS) is 23.1. The van der Waals surface area contributed by atoms with Gasteiger partial charge in [0.15, 0.2) is 0 Å². The fourth-order valence-corrected chi connectivity index (χ4v) is 1.64. The van der Waals surface area contributed by atoms with Crippen molar-refractivity contribution < 1.29 is 30.9 Å². The average molecular weight is 313 g/mol. The summed E-state index contributed by atoms with van der Waals surface area (Å²) in [5.74, 6) is 0. The van der Waals surface area contributed by atoms with Crippen LogP contribution in [0.3, 0.4) is 0 Å². The summed E-state index contributed by atoms with van der Waals surface area (Å²) in [6.07, 6.45) is 12.7. The van der Waals surface area contributed by atoms with E-state index in [0.717, 1.165) is 19.4 Å². The SMILES string of the molecule is Cl.Cl.[C-]1=C(CC2CCCO2)C=CC1.[Zr]. The Morgan fingerprint density at radius 3 is 2.71 bits per heavy atom. The molecular weight excluding hydrogens is 298 g/mol. The maximum absolute atomic E-state index is 5.52. The Balaban J connectivity index is 0. The summed E-state index contributed by atoms with van der Waals surface area (Å²) in [6, 6.07) is 0. The zero-order chi connectivity index (χ0) is 7.52. The molecule has 1 heterocycles. The van der Waals surface area contributed by atoms with Gasteiger partial charge in [-0.05, 0) is 19.3 Å². The molecule has 80 valence electrons. The maximum Gasteiger partial charge on any atom is 0.0587 e. The van der Waals surface area contributed by atoms with Gasteiger partial charge in [0.2, 0.25) is 0 Å². The zero-order valence-electron chi connectivity index (χ0n) is 7.99. The number of halogens is 2. The molecule has 4 heteroatoms. The van der Waals surface area contributed by atoms with E-state index in [1.54, 1.807) is 0 Å². The number of hydrogen-bond acceptors (Lipinski definition) is 1. The van der Waals surface area contributed by atoms with Crippen molar-refractivity contribution in [2.75, 3.05) is 6.61 Å². The van der Waals surface area contributed by atoms with Crippen LogP contribution in [0, 0.1) is 6.08 Å². The molecule has 1 atom stereocenters. The van der Waals surface area contributed by atoms with E-state index >= 15 is 0 Å². The second-order valence-electron chi connectivity index (χ2n) is 3.15. The summed E-state index contributed by atoms with van der Waals surface area (Å²) in [6.45, 7) is 0.960. The Morgan fingerprint density at radius 2 is 2.21 bits per heavy atom. The molecule has 0 N–H and O–H groups in total. The van der Waals surface area contributed by atoms with E-state index in [1.165, 1.54) is 18.4 Å². The van der Waals surface area contributed by atoms with Crippen molar-refractivity contribution in [1.82, 2.24) is 0 Å². The molecule has 1 saturated heterocycles. The molecule has 1 aliphatic carbocycles. The van der Waals surface area contributed by atoms with Crippen LogP contribution in [0.4, 0.5) is 0 Å². The Hall–Kier alpha value is 0.903. The molecule has 14 heavy (non-hydrogen) atoms. The van der Waals surface area contributed by atoms with Crippen molar-refractivity contribution in [2.45, 2.75) is 31.8 Å². The van der Waals surface area contributed by atoms with Crippen LogP contribution in [0.2, 0.25) is 0 Å². The molecular formula is C10H15Cl2OZr-. The van der Waals surface area contributed by atoms with Gasteiger partial charge in [0.05, 0.1) is 6.10 Å². The Morgan fingerprint density at radius 1 is 1.43 bits per heavy atom. The van der Waals surface area contributed by atoms with Crippen molar-refractivity contribution in [2.24, 2.45) is 0 Å². The zero-order valence-corrected chi connectivity index (χ0v) is 12.1. The van der Waals surface area contributed by atoms with Gasteiger partial charge in [0.25, 0.3) is 0 Å². The monoisotopic (exact) mass is 311 g/mol. The van der Waals surface area contributed by atoms with Crippen LogP contribution in [0.15, 0.2) is 17.7 Å². The van der Waals surface area contributed by atoms with Gasteiger partial charge in [-0.15, -0.1) is 31.2 Å². The van der Waals surface area contributed by atoms with E-state index in [-0.39, 0.29) is 51.0 Å². The second kappa shape index (κ2) is 9.15. The second-order valence-corrected chi connectivity index (χ2v) is 3.15. The predicted molar refractivity (Wildman–Crippen MR) is 58.6 cm³/mol. The van der Waals surface area contributed by atoms with Crippen LogP contribution < -0.4 is 0 Å². The summed E-state index contributed by atoms with van der Waals surface area (Å²) in [5.41, 5.74) is 1.34. The van der Waals surface area contributed by atoms with Gasteiger partial charge in [-0.25, -0.2) is 11.6 Å².